The van der Waals surface area contributed by atoms with E-state index in [9.17, 15) is 18.8 Å². The zero-order valence-electron chi connectivity index (χ0n) is 16.0. The summed E-state index contributed by atoms with van der Waals surface area (Å²) in [6, 6.07) is 10.8. The van der Waals surface area contributed by atoms with Crippen LogP contribution in [-0.2, 0) is 9.59 Å². The fourth-order valence-electron chi connectivity index (χ4n) is 2.96. The molecule has 0 radical (unpaired) electrons. The van der Waals surface area contributed by atoms with Gasteiger partial charge in [0, 0.05) is 6.42 Å². The van der Waals surface area contributed by atoms with Crippen LogP contribution in [0.2, 0.25) is 0 Å². The van der Waals surface area contributed by atoms with Crippen molar-refractivity contribution in [2.24, 2.45) is 0 Å². The number of nitrogens with one attached hydrogen (secondary N) is 2. The third-order valence-corrected chi connectivity index (χ3v) is 4.39. The Morgan fingerprint density at radius 3 is 2.62 bits per heavy atom. The molecular formula is C21H22FN3O4. The van der Waals surface area contributed by atoms with Crippen LogP contribution in [0.15, 0.2) is 48.5 Å². The molecule has 1 aliphatic heterocycles. The van der Waals surface area contributed by atoms with Gasteiger partial charge in [-0.2, -0.15) is 0 Å². The van der Waals surface area contributed by atoms with Crippen molar-refractivity contribution in [2.75, 3.05) is 16.8 Å². The Morgan fingerprint density at radius 2 is 1.90 bits per heavy atom. The van der Waals surface area contributed by atoms with Crippen LogP contribution in [0.1, 0.15) is 26.2 Å². The minimum absolute atomic E-state index is 0.0378. The highest BCUT2D eigenvalue weighted by Gasteiger charge is 2.38. The fraction of sp³-hybridized carbons (Fsp3) is 0.286. The van der Waals surface area contributed by atoms with Crippen LogP contribution in [0.25, 0.3) is 0 Å². The van der Waals surface area contributed by atoms with E-state index in [1.54, 1.807) is 18.2 Å². The molecule has 2 aromatic carbocycles. The summed E-state index contributed by atoms with van der Waals surface area (Å²) in [7, 11) is 0. The number of para-hydroxylation sites is 2. The summed E-state index contributed by atoms with van der Waals surface area (Å²) in [4.78, 5) is 38.0. The number of ether oxygens (including phenoxy) is 1. The molecule has 0 saturated carbocycles. The second-order valence-electron chi connectivity index (χ2n) is 6.58. The Morgan fingerprint density at radius 1 is 1.17 bits per heavy atom. The number of imide groups is 1. The molecule has 0 aromatic heterocycles. The van der Waals surface area contributed by atoms with Gasteiger partial charge in [0.25, 0.3) is 5.91 Å². The van der Waals surface area contributed by atoms with Crippen LogP contribution in [0.4, 0.5) is 20.6 Å². The van der Waals surface area contributed by atoms with Crippen molar-refractivity contribution in [3.8, 4) is 5.75 Å². The summed E-state index contributed by atoms with van der Waals surface area (Å²) >= 11 is 0. The molecule has 1 saturated heterocycles. The van der Waals surface area contributed by atoms with Crippen molar-refractivity contribution in [1.29, 1.82) is 0 Å². The van der Waals surface area contributed by atoms with Crippen molar-refractivity contribution in [2.45, 2.75) is 32.2 Å². The van der Waals surface area contributed by atoms with E-state index < -0.39 is 23.8 Å². The molecule has 7 nitrogen and oxygen atoms in total. The molecule has 29 heavy (non-hydrogen) atoms. The molecule has 1 fully saturated rings. The lowest BCUT2D eigenvalue weighted by atomic mass is 10.1. The third-order valence-electron chi connectivity index (χ3n) is 4.39. The van der Waals surface area contributed by atoms with Crippen molar-refractivity contribution in [3.63, 3.8) is 0 Å². The van der Waals surface area contributed by atoms with Gasteiger partial charge < -0.3 is 15.4 Å². The largest absolute Gasteiger partial charge is 0.491 e. The van der Waals surface area contributed by atoms with Crippen LogP contribution in [0, 0.1) is 5.82 Å². The second-order valence-corrected chi connectivity index (χ2v) is 6.58. The van der Waals surface area contributed by atoms with Gasteiger partial charge >= 0.3 is 6.03 Å². The Kier molecular flexibility index (Phi) is 6.43. The van der Waals surface area contributed by atoms with Crippen molar-refractivity contribution in [1.82, 2.24) is 5.32 Å². The quantitative estimate of drug-likeness (QED) is 0.666. The first-order valence-electron chi connectivity index (χ1n) is 9.41. The highest BCUT2D eigenvalue weighted by atomic mass is 19.1. The number of urea groups is 1. The van der Waals surface area contributed by atoms with Crippen LogP contribution in [0.5, 0.6) is 5.75 Å². The first-order valence-corrected chi connectivity index (χ1v) is 9.41. The van der Waals surface area contributed by atoms with Crippen LogP contribution in [0.3, 0.4) is 0 Å². The molecule has 8 heteroatoms. The van der Waals surface area contributed by atoms with E-state index in [0.29, 0.717) is 18.0 Å². The number of amides is 4. The van der Waals surface area contributed by atoms with Crippen LogP contribution in [-0.4, -0.2) is 30.5 Å². The number of rotatable bonds is 8. The minimum atomic E-state index is -0.815. The maximum absolute atomic E-state index is 13.1. The highest BCUT2D eigenvalue weighted by molar-refractivity contribution is 6.21. The van der Waals surface area contributed by atoms with Gasteiger partial charge in [0.05, 0.1) is 18.0 Å². The standard InChI is InChI=1S/C21H22FN3O4/c1-2-13-29-18-6-4-3-5-16(18)23-19(26)12-11-17-20(27)25(21(28)24-17)15-9-7-14(22)8-10-15/h3-10,17H,2,11-13H2,1H3,(H,23,26)(H,24,28)/t17-/m1/s1. The number of hydrogen-bond acceptors (Lipinski definition) is 4. The van der Waals surface area contributed by atoms with Gasteiger partial charge in [0.2, 0.25) is 5.91 Å². The second kappa shape index (κ2) is 9.18. The van der Waals surface area contributed by atoms with E-state index in [4.69, 9.17) is 4.74 Å². The van der Waals surface area contributed by atoms with Crippen molar-refractivity contribution in [3.05, 3.63) is 54.3 Å². The lowest BCUT2D eigenvalue weighted by molar-refractivity contribution is -0.119. The molecule has 0 aliphatic carbocycles. The van der Waals surface area contributed by atoms with Gasteiger partial charge in [-0.15, -0.1) is 0 Å². The molecule has 3 rings (SSSR count). The van der Waals surface area contributed by atoms with Gasteiger partial charge in [-0.3, -0.25) is 9.59 Å². The van der Waals surface area contributed by atoms with Gasteiger partial charge in [-0.05, 0) is 49.2 Å². The average molecular weight is 399 g/mol. The molecule has 0 unspecified atom stereocenters. The van der Waals surface area contributed by atoms with E-state index >= 15 is 0 Å². The van der Waals surface area contributed by atoms with Crippen LogP contribution >= 0.6 is 0 Å². The van der Waals surface area contributed by atoms with E-state index in [1.807, 2.05) is 13.0 Å². The zero-order valence-corrected chi connectivity index (χ0v) is 16.0. The monoisotopic (exact) mass is 399 g/mol. The fourth-order valence-corrected chi connectivity index (χ4v) is 2.96. The first-order chi connectivity index (χ1) is 14.0. The SMILES string of the molecule is CCCOc1ccccc1NC(=O)CC[C@H]1NC(=O)N(c2ccc(F)cc2)C1=O. The molecular weight excluding hydrogens is 377 g/mol. The molecule has 2 aromatic rings. The first kappa shape index (κ1) is 20.3. The predicted octanol–water partition coefficient (Wildman–Crippen LogP) is 3.46. The number of benzene rings is 2. The Balaban J connectivity index is 1.58. The van der Waals surface area contributed by atoms with E-state index in [2.05, 4.69) is 10.6 Å². The molecule has 4 amide bonds. The molecule has 1 aliphatic rings. The lowest BCUT2D eigenvalue weighted by Crippen LogP contribution is -2.31. The number of anilines is 2. The normalized spacial score (nSPS) is 15.9. The number of nitrogens with zero attached hydrogens (tertiary/aromatic N) is 1. The lowest BCUT2D eigenvalue weighted by Gasteiger charge is -2.13. The van der Waals surface area contributed by atoms with Gasteiger partial charge in [-0.25, -0.2) is 14.1 Å². The van der Waals surface area contributed by atoms with E-state index in [0.717, 1.165) is 11.3 Å². The van der Waals surface area contributed by atoms with Crippen LogP contribution < -0.4 is 20.3 Å². The number of hydrogen-bond donors (Lipinski definition) is 2. The number of carbonyl (C=O) groups excluding carboxylic acids is 3. The number of carbonyl (C=O) groups is 3. The molecule has 1 heterocycles. The summed E-state index contributed by atoms with van der Waals surface area (Å²) in [6.45, 7) is 2.53. The summed E-state index contributed by atoms with van der Waals surface area (Å²) in [5.74, 6) is -0.645. The van der Waals surface area contributed by atoms with Gasteiger partial charge in [0.15, 0.2) is 0 Å². The summed E-state index contributed by atoms with van der Waals surface area (Å²) in [6.07, 6.45) is 1.03. The summed E-state index contributed by atoms with van der Waals surface area (Å²) in [5, 5.41) is 5.34. The maximum atomic E-state index is 13.1. The zero-order chi connectivity index (χ0) is 20.8. The third kappa shape index (κ3) is 4.90. The Labute approximate surface area is 167 Å². The molecule has 0 bridgehead atoms. The van der Waals surface area contributed by atoms with E-state index in [-0.39, 0.29) is 24.4 Å². The molecule has 152 valence electrons. The number of halogens is 1. The van der Waals surface area contributed by atoms with Crippen molar-refractivity contribution >= 4 is 29.2 Å². The Bertz CT molecular complexity index is 901. The van der Waals surface area contributed by atoms with E-state index in [1.165, 1.54) is 24.3 Å². The molecule has 1 atom stereocenters. The topological polar surface area (TPSA) is 87.7 Å². The van der Waals surface area contributed by atoms with Gasteiger partial charge in [-0.1, -0.05) is 19.1 Å². The minimum Gasteiger partial charge on any atom is -0.491 e. The molecule has 2 N–H and O–H groups in total. The predicted molar refractivity (Wildman–Crippen MR) is 106 cm³/mol. The van der Waals surface area contributed by atoms with Gasteiger partial charge in [0.1, 0.15) is 17.6 Å². The highest BCUT2D eigenvalue weighted by Crippen LogP contribution is 2.25. The summed E-state index contributed by atoms with van der Waals surface area (Å²) in [5.41, 5.74) is 0.837. The smallest absolute Gasteiger partial charge is 0.329 e. The molecule has 0 spiro atoms. The maximum Gasteiger partial charge on any atom is 0.329 e. The average Bonchev–Trinajstić information content (AvgIpc) is 3.00. The summed E-state index contributed by atoms with van der Waals surface area (Å²) < 4.78 is 18.7. The Hall–Kier alpha value is -3.42. The van der Waals surface area contributed by atoms with Crippen molar-refractivity contribution < 1.29 is 23.5 Å².